The summed E-state index contributed by atoms with van der Waals surface area (Å²) in [6, 6.07) is 7.02. The lowest BCUT2D eigenvalue weighted by Gasteiger charge is -2.51. The molecule has 4 aromatic rings. The van der Waals surface area contributed by atoms with Gasteiger partial charge in [0.15, 0.2) is 0 Å². The molecule has 2 saturated carbocycles. The first-order valence-electron chi connectivity index (χ1n) is 12.1. The van der Waals surface area contributed by atoms with Crippen LogP contribution in [0.5, 0.6) is 0 Å². The lowest BCUT2D eigenvalue weighted by atomic mass is 9.68. The Kier molecular flexibility index (Phi) is 4.42. The fraction of sp³-hybridized carbons (Fsp3) is 0.480. The van der Waals surface area contributed by atoms with Crippen molar-refractivity contribution in [3.05, 3.63) is 41.2 Å². The standard InChI is InChI=1S/C25H27N5O2S/c31-22-15-8-16(22)11-29(10-15)25-20-21(26-12-27-24(20)32)23(33-25)14-6-7-19-18(9-14)28-13-30(19)17-4-2-1-3-5-17/h6-7,9,12-13,15-17,22,31H,1-5,8,10-11H2,(H,26,27,32). The number of nitrogens with one attached hydrogen (secondary N) is 1. The van der Waals surface area contributed by atoms with Crippen LogP contribution in [-0.2, 0) is 0 Å². The van der Waals surface area contributed by atoms with Crippen molar-refractivity contribution in [2.45, 2.75) is 50.7 Å². The second-order valence-electron chi connectivity index (χ2n) is 9.99. The van der Waals surface area contributed by atoms with Crippen molar-refractivity contribution in [1.29, 1.82) is 0 Å². The highest BCUT2D eigenvalue weighted by Gasteiger charge is 2.46. The number of H-pyrrole nitrogens is 1. The Morgan fingerprint density at radius 2 is 1.91 bits per heavy atom. The summed E-state index contributed by atoms with van der Waals surface area (Å²) in [6.45, 7) is 1.60. The van der Waals surface area contributed by atoms with Crippen LogP contribution in [0.3, 0.4) is 0 Å². The van der Waals surface area contributed by atoms with Crippen LogP contribution >= 0.6 is 11.3 Å². The van der Waals surface area contributed by atoms with Gasteiger partial charge in [-0.1, -0.05) is 25.3 Å². The van der Waals surface area contributed by atoms with Gasteiger partial charge in [-0.3, -0.25) is 4.79 Å². The van der Waals surface area contributed by atoms with E-state index in [2.05, 4.69) is 37.6 Å². The Hall–Kier alpha value is -2.71. The minimum Gasteiger partial charge on any atom is -0.392 e. The molecule has 5 heterocycles. The quantitative estimate of drug-likeness (QED) is 0.474. The molecule has 170 valence electrons. The van der Waals surface area contributed by atoms with Gasteiger partial charge in [0.25, 0.3) is 5.56 Å². The molecule has 4 fully saturated rings. The number of aliphatic hydroxyl groups excluding tert-OH is 1. The number of aliphatic hydroxyl groups is 1. The fourth-order valence-electron chi connectivity index (χ4n) is 6.24. The number of hydrogen-bond donors (Lipinski definition) is 2. The maximum Gasteiger partial charge on any atom is 0.261 e. The molecule has 0 radical (unpaired) electrons. The highest BCUT2D eigenvalue weighted by molar-refractivity contribution is 7.21. The number of nitrogens with zero attached hydrogens (tertiary/aromatic N) is 4. The van der Waals surface area contributed by atoms with Gasteiger partial charge in [-0.05, 0) is 37.0 Å². The number of aromatic nitrogens is 4. The molecule has 4 aliphatic rings. The van der Waals surface area contributed by atoms with Crippen LogP contribution in [0.2, 0.25) is 0 Å². The van der Waals surface area contributed by atoms with E-state index in [4.69, 9.17) is 4.98 Å². The fourth-order valence-corrected chi connectivity index (χ4v) is 7.50. The molecule has 7 nitrogen and oxygen atoms in total. The average molecular weight is 462 g/mol. The molecule has 0 spiro atoms. The van der Waals surface area contributed by atoms with E-state index < -0.39 is 0 Å². The molecule has 1 aromatic carbocycles. The summed E-state index contributed by atoms with van der Waals surface area (Å²) in [5.41, 5.74) is 3.89. The second kappa shape index (κ2) is 7.40. The molecule has 2 N–H and O–H groups in total. The van der Waals surface area contributed by atoms with E-state index in [-0.39, 0.29) is 11.7 Å². The highest BCUT2D eigenvalue weighted by Crippen LogP contribution is 2.47. The van der Waals surface area contributed by atoms with Crippen molar-refractivity contribution in [2.75, 3.05) is 18.0 Å². The second-order valence-corrected chi connectivity index (χ2v) is 11.0. The molecule has 8 rings (SSSR count). The van der Waals surface area contributed by atoms with Gasteiger partial charge in [0.2, 0.25) is 0 Å². The first-order valence-corrected chi connectivity index (χ1v) is 12.9. The van der Waals surface area contributed by atoms with E-state index >= 15 is 0 Å². The molecule has 2 unspecified atom stereocenters. The lowest BCUT2D eigenvalue weighted by molar-refractivity contribution is -0.0528. The molecule has 2 saturated heterocycles. The molecular formula is C25H27N5O2S. The Morgan fingerprint density at radius 1 is 1.09 bits per heavy atom. The van der Waals surface area contributed by atoms with Crippen molar-refractivity contribution < 1.29 is 5.11 Å². The van der Waals surface area contributed by atoms with E-state index in [1.54, 1.807) is 11.3 Å². The minimum absolute atomic E-state index is 0.0973. The number of imidazole rings is 1. The molecule has 8 heteroatoms. The number of piperidine rings is 2. The van der Waals surface area contributed by atoms with Crippen LogP contribution in [0.15, 0.2) is 35.6 Å². The monoisotopic (exact) mass is 461 g/mol. The van der Waals surface area contributed by atoms with E-state index in [1.807, 2.05) is 6.33 Å². The van der Waals surface area contributed by atoms with Gasteiger partial charge in [0.05, 0.1) is 40.2 Å². The first-order chi connectivity index (χ1) is 16.2. The van der Waals surface area contributed by atoms with Crippen molar-refractivity contribution in [1.82, 2.24) is 19.5 Å². The molecule has 0 amide bonds. The van der Waals surface area contributed by atoms with Crippen LogP contribution in [0.1, 0.15) is 44.6 Å². The van der Waals surface area contributed by atoms with Crippen molar-refractivity contribution in [3.63, 3.8) is 0 Å². The van der Waals surface area contributed by atoms with E-state index in [1.165, 1.54) is 43.9 Å². The van der Waals surface area contributed by atoms with Gasteiger partial charge in [-0.15, -0.1) is 11.3 Å². The van der Waals surface area contributed by atoms with Gasteiger partial charge >= 0.3 is 0 Å². The van der Waals surface area contributed by atoms with Crippen LogP contribution in [0, 0.1) is 11.8 Å². The van der Waals surface area contributed by atoms with Crippen LogP contribution in [-0.4, -0.2) is 43.8 Å². The lowest BCUT2D eigenvalue weighted by Crippen LogP contribution is -2.58. The van der Waals surface area contributed by atoms with E-state index in [0.717, 1.165) is 46.0 Å². The third kappa shape index (κ3) is 3.00. The van der Waals surface area contributed by atoms with Crippen LogP contribution in [0.4, 0.5) is 5.00 Å². The smallest absolute Gasteiger partial charge is 0.261 e. The van der Waals surface area contributed by atoms with Crippen molar-refractivity contribution in [2.24, 2.45) is 11.8 Å². The summed E-state index contributed by atoms with van der Waals surface area (Å²) in [6.07, 6.45) is 10.8. The summed E-state index contributed by atoms with van der Waals surface area (Å²) in [4.78, 5) is 28.3. The van der Waals surface area contributed by atoms with Gasteiger partial charge in [0, 0.05) is 31.0 Å². The zero-order valence-corrected chi connectivity index (χ0v) is 19.2. The number of rotatable bonds is 3. The zero-order valence-electron chi connectivity index (χ0n) is 18.4. The molecule has 2 aliphatic heterocycles. The Morgan fingerprint density at radius 3 is 2.70 bits per heavy atom. The van der Waals surface area contributed by atoms with E-state index in [0.29, 0.717) is 23.3 Å². The summed E-state index contributed by atoms with van der Waals surface area (Å²) in [5.74, 6) is 0.611. The van der Waals surface area contributed by atoms with Crippen molar-refractivity contribution in [3.8, 4) is 10.4 Å². The van der Waals surface area contributed by atoms with Crippen LogP contribution in [0.25, 0.3) is 32.4 Å². The zero-order chi connectivity index (χ0) is 22.1. The predicted molar refractivity (Wildman–Crippen MR) is 131 cm³/mol. The predicted octanol–water partition coefficient (Wildman–Crippen LogP) is 4.32. The number of thiophene rings is 1. The third-order valence-corrected chi connectivity index (χ3v) is 9.34. The van der Waals surface area contributed by atoms with Crippen LogP contribution < -0.4 is 10.5 Å². The van der Waals surface area contributed by atoms with Crippen molar-refractivity contribution >= 4 is 38.3 Å². The summed E-state index contributed by atoms with van der Waals surface area (Å²) in [5, 5.41) is 11.9. The Bertz CT molecular complexity index is 1400. The number of anilines is 1. The third-order valence-electron chi connectivity index (χ3n) is 8.05. The largest absolute Gasteiger partial charge is 0.392 e. The summed E-state index contributed by atoms with van der Waals surface area (Å²) in [7, 11) is 0. The highest BCUT2D eigenvalue weighted by atomic mass is 32.1. The molecule has 2 bridgehead atoms. The number of fused-ring (bicyclic) bond motifs is 4. The molecule has 2 atom stereocenters. The maximum absolute atomic E-state index is 12.9. The van der Waals surface area contributed by atoms with E-state index in [9.17, 15) is 9.90 Å². The Labute approximate surface area is 195 Å². The molecule has 2 aliphatic carbocycles. The van der Waals surface area contributed by atoms with Gasteiger partial charge in [-0.2, -0.15) is 0 Å². The van der Waals surface area contributed by atoms with Gasteiger partial charge in [0.1, 0.15) is 10.4 Å². The number of benzene rings is 1. The molecule has 3 aromatic heterocycles. The summed E-state index contributed by atoms with van der Waals surface area (Å²) >= 11 is 1.64. The summed E-state index contributed by atoms with van der Waals surface area (Å²) < 4.78 is 2.35. The Balaban J connectivity index is 1.32. The SMILES string of the molecule is O=c1[nH]cnc2c(-c3ccc4c(c3)ncn4C3CCCCC3)sc(N3CC4CC(C3)C4O)c12. The molecule has 33 heavy (non-hydrogen) atoms. The topological polar surface area (TPSA) is 87.0 Å². The average Bonchev–Trinajstić information content (AvgIpc) is 3.46. The number of hydrogen-bond acceptors (Lipinski definition) is 6. The maximum atomic E-state index is 12.9. The minimum atomic E-state index is -0.190. The molecular weight excluding hydrogens is 434 g/mol. The first kappa shape index (κ1) is 19.7. The van der Waals surface area contributed by atoms with Gasteiger partial charge in [-0.25, -0.2) is 9.97 Å². The normalized spacial score (nSPS) is 25.6. The van der Waals surface area contributed by atoms with Gasteiger partial charge < -0.3 is 19.6 Å². The number of aromatic amines is 1.